The van der Waals surface area contributed by atoms with E-state index in [1.807, 2.05) is 0 Å². The fraction of sp³-hybridized carbons (Fsp3) is 0.500. The van der Waals surface area contributed by atoms with E-state index in [0.717, 1.165) is 5.82 Å². The molecule has 1 aromatic carbocycles. The van der Waals surface area contributed by atoms with Crippen LogP contribution in [0, 0.1) is 0 Å². The van der Waals surface area contributed by atoms with Crippen LogP contribution >= 0.6 is 7.69 Å². The largest absolute Gasteiger partial charge is 0.226 e. The molecule has 0 fully saturated rings. The number of hydrogen-bond donors (Lipinski definition) is 0. The van der Waals surface area contributed by atoms with Crippen LogP contribution in [0.2, 0.25) is 19.6 Å². The third-order valence-electron chi connectivity index (χ3n) is 3.00. The SMILES string of the molecule is CC(C)(C)c1nc(-c2ccccc2)p(C[Si](C)(C)C)n1. The highest BCUT2D eigenvalue weighted by Gasteiger charge is 2.25. The fourth-order valence-corrected chi connectivity index (χ4v) is 7.82. The van der Waals surface area contributed by atoms with Gasteiger partial charge < -0.3 is 0 Å². The summed E-state index contributed by atoms with van der Waals surface area (Å²) in [7, 11) is -1.62. The molecule has 2 nitrogen and oxygen atoms in total. The Morgan fingerprint density at radius 2 is 1.65 bits per heavy atom. The summed E-state index contributed by atoms with van der Waals surface area (Å²) in [5.74, 6) is 2.26. The van der Waals surface area contributed by atoms with Crippen LogP contribution < -0.4 is 0 Å². The van der Waals surface area contributed by atoms with Gasteiger partial charge in [-0.1, -0.05) is 70.7 Å². The molecule has 0 spiro atoms. The molecule has 0 aliphatic carbocycles. The van der Waals surface area contributed by atoms with Gasteiger partial charge >= 0.3 is 0 Å². The zero-order valence-corrected chi connectivity index (χ0v) is 15.3. The number of hydrogen-bond acceptors (Lipinski definition) is 2. The molecule has 0 N–H and O–H groups in total. The van der Waals surface area contributed by atoms with Crippen LogP contribution in [0.3, 0.4) is 0 Å². The second-order valence-electron chi connectivity index (χ2n) is 7.59. The van der Waals surface area contributed by atoms with E-state index in [2.05, 4.69) is 70.7 Å². The minimum absolute atomic E-state index is 0.0382. The van der Waals surface area contributed by atoms with Gasteiger partial charge in [0.1, 0.15) is 11.3 Å². The van der Waals surface area contributed by atoms with Crippen molar-refractivity contribution in [3.63, 3.8) is 0 Å². The molecule has 0 saturated carbocycles. The Labute approximate surface area is 124 Å². The average Bonchev–Trinajstić information content (AvgIpc) is 2.71. The van der Waals surface area contributed by atoms with Crippen molar-refractivity contribution in [2.24, 2.45) is 0 Å². The van der Waals surface area contributed by atoms with E-state index in [-0.39, 0.29) is 5.41 Å². The van der Waals surface area contributed by atoms with Gasteiger partial charge in [-0.3, -0.25) is 0 Å². The number of rotatable bonds is 3. The molecule has 4 heteroatoms. The first-order chi connectivity index (χ1) is 9.17. The predicted octanol–water partition coefficient (Wildman–Crippen LogP) is 5.31. The molecule has 0 bridgehead atoms. The maximum Gasteiger partial charge on any atom is 0.138 e. The van der Waals surface area contributed by atoms with Gasteiger partial charge in [0.25, 0.3) is 0 Å². The third kappa shape index (κ3) is 3.80. The van der Waals surface area contributed by atoms with Gasteiger partial charge in [-0.2, -0.15) is 0 Å². The molecule has 1 aromatic heterocycles. The molecular weight excluding hydrogens is 279 g/mol. The van der Waals surface area contributed by atoms with Crippen molar-refractivity contribution in [2.45, 2.75) is 51.6 Å². The van der Waals surface area contributed by atoms with Gasteiger partial charge in [-0.25, -0.2) is 9.73 Å². The molecular formula is C16H25N2PSi. The Morgan fingerprint density at radius 3 is 2.15 bits per heavy atom. The van der Waals surface area contributed by atoms with Crippen LogP contribution in [0.4, 0.5) is 0 Å². The average molecular weight is 304 g/mol. The monoisotopic (exact) mass is 304 g/mol. The zero-order valence-electron chi connectivity index (χ0n) is 13.4. The summed E-state index contributed by atoms with van der Waals surface area (Å²) in [6.07, 6.45) is 0. The van der Waals surface area contributed by atoms with Crippen LogP contribution in [0.5, 0.6) is 0 Å². The summed E-state index contributed by atoms with van der Waals surface area (Å²) in [6, 6.07) is 10.6. The predicted molar refractivity (Wildman–Crippen MR) is 92.2 cm³/mol. The van der Waals surface area contributed by atoms with Crippen molar-refractivity contribution in [2.75, 3.05) is 0 Å². The van der Waals surface area contributed by atoms with Gasteiger partial charge in [0.2, 0.25) is 0 Å². The van der Waals surface area contributed by atoms with Gasteiger partial charge in [-0.15, -0.1) is 0 Å². The summed E-state index contributed by atoms with van der Waals surface area (Å²) in [5.41, 5.74) is 2.52. The summed E-state index contributed by atoms with van der Waals surface area (Å²) in [6.45, 7) is 13.9. The molecule has 108 valence electrons. The third-order valence-corrected chi connectivity index (χ3v) is 9.27. The molecule has 2 aromatic rings. The lowest BCUT2D eigenvalue weighted by atomic mass is 9.96. The van der Waals surface area contributed by atoms with Crippen LogP contribution in [-0.4, -0.2) is 17.8 Å². The maximum absolute atomic E-state index is 5.01. The molecule has 0 saturated heterocycles. The van der Waals surface area contributed by atoms with Crippen LogP contribution in [0.25, 0.3) is 11.0 Å². The quantitative estimate of drug-likeness (QED) is 0.719. The van der Waals surface area contributed by atoms with Crippen molar-refractivity contribution in [3.05, 3.63) is 36.2 Å². The van der Waals surface area contributed by atoms with Gasteiger partial charge in [-0.05, 0) is 13.5 Å². The van der Waals surface area contributed by atoms with Crippen molar-refractivity contribution in [3.8, 4) is 11.0 Å². The van der Waals surface area contributed by atoms with Crippen molar-refractivity contribution < 1.29 is 0 Å². The van der Waals surface area contributed by atoms with E-state index in [1.54, 1.807) is 0 Å². The van der Waals surface area contributed by atoms with E-state index in [4.69, 9.17) is 9.73 Å². The Bertz CT molecular complexity index is 577. The van der Waals surface area contributed by atoms with Crippen molar-refractivity contribution in [1.29, 1.82) is 0 Å². The number of aromatic nitrogens is 2. The highest BCUT2D eigenvalue weighted by atomic mass is 31.1. The van der Waals surface area contributed by atoms with Gasteiger partial charge in [0, 0.05) is 11.0 Å². The molecule has 20 heavy (non-hydrogen) atoms. The van der Waals surface area contributed by atoms with Crippen LogP contribution in [0.15, 0.2) is 30.3 Å². The summed E-state index contributed by atoms with van der Waals surface area (Å²) in [4.78, 5) is 4.91. The molecule has 1 atom stereocenters. The van der Waals surface area contributed by atoms with Crippen molar-refractivity contribution in [1.82, 2.24) is 9.73 Å². The Kier molecular flexibility index (Phi) is 4.22. The molecule has 0 amide bonds. The van der Waals surface area contributed by atoms with E-state index in [9.17, 15) is 0 Å². The normalized spacial score (nSPS) is 13.6. The lowest BCUT2D eigenvalue weighted by Crippen LogP contribution is -2.21. The highest BCUT2D eigenvalue weighted by molar-refractivity contribution is 7.51. The van der Waals surface area contributed by atoms with E-state index >= 15 is 0 Å². The highest BCUT2D eigenvalue weighted by Crippen LogP contribution is 2.42. The molecule has 1 heterocycles. The first-order valence-corrected chi connectivity index (χ1v) is 12.4. The number of nitrogens with zero attached hydrogens (tertiary/aromatic N) is 2. The lowest BCUT2D eigenvalue weighted by molar-refractivity contribution is 0.555. The molecule has 2 rings (SSSR count). The van der Waals surface area contributed by atoms with Crippen LogP contribution in [0.1, 0.15) is 26.6 Å². The maximum atomic E-state index is 5.01. The smallest absolute Gasteiger partial charge is 0.138 e. The first kappa shape index (κ1) is 15.5. The molecule has 1 unspecified atom stereocenters. The lowest BCUT2D eigenvalue weighted by Gasteiger charge is -2.15. The van der Waals surface area contributed by atoms with Gasteiger partial charge in [0.05, 0.1) is 8.07 Å². The van der Waals surface area contributed by atoms with E-state index in [0.29, 0.717) is 0 Å². The summed E-state index contributed by atoms with van der Waals surface area (Å²) < 4.78 is 5.01. The Balaban J connectivity index is 2.51. The molecule has 0 aliphatic rings. The van der Waals surface area contributed by atoms with Crippen molar-refractivity contribution >= 4 is 15.8 Å². The standard InChI is InChI=1S/C16H25N2PSi/c1-16(2,3)15-17-14(13-10-8-7-9-11-13)19(18-15)12-20(4,5)6/h7-11H,12H2,1-6H3. The minimum Gasteiger partial charge on any atom is -0.226 e. The fourth-order valence-electron chi connectivity index (χ4n) is 2.02. The van der Waals surface area contributed by atoms with E-state index < -0.39 is 15.8 Å². The summed E-state index contributed by atoms with van der Waals surface area (Å²) >= 11 is 0. The number of benzene rings is 1. The second-order valence-corrected chi connectivity index (χ2v) is 15.4. The Morgan fingerprint density at radius 1 is 1.05 bits per heavy atom. The molecule has 0 radical (unpaired) electrons. The topological polar surface area (TPSA) is 25.8 Å². The van der Waals surface area contributed by atoms with E-state index in [1.165, 1.54) is 16.8 Å². The summed E-state index contributed by atoms with van der Waals surface area (Å²) in [5, 5.41) is 0. The Hall–Kier alpha value is -0.923. The van der Waals surface area contributed by atoms with Gasteiger partial charge in [0.15, 0.2) is 0 Å². The molecule has 0 aliphatic heterocycles. The second kappa shape index (κ2) is 5.46. The first-order valence-electron chi connectivity index (χ1n) is 7.17. The van der Waals surface area contributed by atoms with Crippen LogP contribution in [-0.2, 0) is 11.2 Å². The zero-order chi connectivity index (χ0) is 15.0. The minimum atomic E-state index is -1.14.